The molecule has 0 saturated heterocycles. The van der Waals surface area contributed by atoms with Crippen molar-refractivity contribution in [1.82, 2.24) is 25.8 Å². The van der Waals surface area contributed by atoms with Crippen LogP contribution in [0.2, 0.25) is 0 Å². The maximum atomic E-state index is 12.3. The Balaban J connectivity index is 1.39. The molecule has 126 valence electrons. The van der Waals surface area contributed by atoms with Crippen molar-refractivity contribution in [3.63, 3.8) is 0 Å². The number of nitrogens with zero attached hydrogens (tertiary/aromatic N) is 2. The summed E-state index contributed by atoms with van der Waals surface area (Å²) in [5.41, 5.74) is 2.90. The van der Waals surface area contributed by atoms with Crippen LogP contribution < -0.4 is 10.6 Å². The van der Waals surface area contributed by atoms with Crippen LogP contribution in [-0.2, 0) is 19.4 Å². The Bertz CT molecular complexity index is 708. The number of aromatic nitrogens is 3. The fraction of sp³-hybridized carbons (Fsp3) is 0.500. The summed E-state index contributed by atoms with van der Waals surface area (Å²) in [7, 11) is 0. The molecule has 24 heavy (non-hydrogen) atoms. The molecule has 0 radical (unpaired) electrons. The van der Waals surface area contributed by atoms with Crippen molar-refractivity contribution >= 4 is 6.03 Å². The minimum Gasteiger partial charge on any atom is -0.335 e. The Labute approximate surface area is 141 Å². The number of fused-ring (bicyclic) bond motifs is 3. The third-order valence-electron chi connectivity index (χ3n) is 5.35. The number of carbonyl (C=O) groups is 1. The number of hydrogen-bond donors (Lipinski definition) is 3. The molecule has 2 atom stereocenters. The fourth-order valence-electron chi connectivity index (χ4n) is 4.22. The van der Waals surface area contributed by atoms with Crippen LogP contribution in [0.3, 0.4) is 0 Å². The zero-order valence-corrected chi connectivity index (χ0v) is 13.9. The maximum absolute atomic E-state index is 12.3. The molecule has 2 unspecified atom stereocenters. The molecule has 1 fully saturated rings. The standard InChI is InChI=1S/C18H23N5O/c1-11-20-16(23-22-11)10-19-18(24)21-17-14-6-7-15(17)9-13-5-3-2-4-12(13)8-14/h2-5,14-15,17H,6-10H2,1H3,(H2,19,21,24)(H,20,22,23). The number of amides is 2. The molecule has 1 heterocycles. The third-order valence-corrected chi connectivity index (χ3v) is 5.35. The van der Waals surface area contributed by atoms with Gasteiger partial charge in [0, 0.05) is 6.04 Å². The van der Waals surface area contributed by atoms with Crippen molar-refractivity contribution in [2.24, 2.45) is 11.8 Å². The van der Waals surface area contributed by atoms with Gasteiger partial charge in [-0.1, -0.05) is 24.3 Å². The van der Waals surface area contributed by atoms with Crippen molar-refractivity contribution < 1.29 is 4.79 Å². The average Bonchev–Trinajstić information content (AvgIpc) is 3.09. The van der Waals surface area contributed by atoms with Crippen molar-refractivity contribution in [2.45, 2.75) is 45.2 Å². The van der Waals surface area contributed by atoms with Gasteiger partial charge in [-0.05, 0) is 55.6 Å². The SMILES string of the molecule is Cc1nc(CNC(=O)NC2C3CCC2Cc2ccccc2C3)n[nH]1. The molecule has 4 rings (SSSR count). The van der Waals surface area contributed by atoms with Gasteiger partial charge in [-0.15, -0.1) is 0 Å². The molecular formula is C18H23N5O. The van der Waals surface area contributed by atoms with E-state index in [0.717, 1.165) is 18.7 Å². The van der Waals surface area contributed by atoms with Gasteiger partial charge < -0.3 is 10.6 Å². The Morgan fingerprint density at radius 2 is 1.88 bits per heavy atom. The minimum absolute atomic E-state index is 0.120. The predicted octanol–water partition coefficient (Wildman–Crippen LogP) is 2.11. The quantitative estimate of drug-likeness (QED) is 0.808. The van der Waals surface area contributed by atoms with Gasteiger partial charge in [0.1, 0.15) is 5.82 Å². The zero-order chi connectivity index (χ0) is 16.5. The number of aromatic amines is 1. The molecule has 2 aromatic rings. The first-order valence-corrected chi connectivity index (χ1v) is 8.68. The first kappa shape index (κ1) is 15.2. The zero-order valence-electron chi connectivity index (χ0n) is 13.9. The highest BCUT2D eigenvalue weighted by molar-refractivity contribution is 5.74. The lowest BCUT2D eigenvalue weighted by atomic mass is 9.94. The minimum atomic E-state index is -0.120. The number of carbonyl (C=O) groups excluding carboxylic acids is 1. The number of H-pyrrole nitrogens is 1. The predicted molar refractivity (Wildman–Crippen MR) is 90.3 cm³/mol. The molecule has 2 amide bonds. The van der Waals surface area contributed by atoms with E-state index in [4.69, 9.17) is 0 Å². The molecule has 0 spiro atoms. The lowest BCUT2D eigenvalue weighted by Gasteiger charge is -2.23. The second-order valence-corrected chi connectivity index (χ2v) is 6.96. The molecule has 6 nitrogen and oxygen atoms in total. The summed E-state index contributed by atoms with van der Waals surface area (Å²) < 4.78 is 0. The summed E-state index contributed by atoms with van der Waals surface area (Å²) in [6.07, 6.45) is 4.53. The first-order valence-electron chi connectivity index (χ1n) is 8.68. The summed E-state index contributed by atoms with van der Waals surface area (Å²) in [6.45, 7) is 2.19. The van der Waals surface area contributed by atoms with Gasteiger partial charge in [0.15, 0.2) is 5.82 Å². The first-order chi connectivity index (χ1) is 11.7. The molecule has 1 aromatic heterocycles. The van der Waals surface area contributed by atoms with E-state index in [-0.39, 0.29) is 12.1 Å². The molecule has 2 bridgehead atoms. The molecule has 1 aromatic carbocycles. The van der Waals surface area contributed by atoms with Crippen LogP contribution in [0.4, 0.5) is 4.79 Å². The van der Waals surface area contributed by atoms with Gasteiger partial charge in [0.2, 0.25) is 0 Å². The van der Waals surface area contributed by atoms with Crippen molar-refractivity contribution in [3.8, 4) is 0 Å². The monoisotopic (exact) mass is 325 g/mol. The molecule has 2 aliphatic rings. The van der Waals surface area contributed by atoms with Crippen molar-refractivity contribution in [1.29, 1.82) is 0 Å². The summed E-state index contributed by atoms with van der Waals surface area (Å²) in [5, 5.41) is 12.9. The van der Waals surface area contributed by atoms with E-state index in [1.54, 1.807) is 0 Å². The van der Waals surface area contributed by atoms with E-state index in [9.17, 15) is 4.79 Å². The van der Waals surface area contributed by atoms with Crippen LogP contribution in [0.25, 0.3) is 0 Å². The maximum Gasteiger partial charge on any atom is 0.315 e. The van der Waals surface area contributed by atoms with Gasteiger partial charge in [0.05, 0.1) is 6.54 Å². The number of aryl methyl sites for hydroxylation is 1. The van der Waals surface area contributed by atoms with Crippen LogP contribution >= 0.6 is 0 Å². The second kappa shape index (κ2) is 6.26. The van der Waals surface area contributed by atoms with E-state index in [1.165, 1.54) is 24.0 Å². The Kier molecular flexibility index (Phi) is 3.96. The molecule has 6 heteroatoms. The largest absolute Gasteiger partial charge is 0.335 e. The fourth-order valence-corrected chi connectivity index (χ4v) is 4.22. The van der Waals surface area contributed by atoms with Crippen LogP contribution in [-0.4, -0.2) is 27.3 Å². The highest BCUT2D eigenvalue weighted by atomic mass is 16.2. The lowest BCUT2D eigenvalue weighted by molar-refractivity contribution is 0.228. The normalized spacial score (nSPS) is 25.0. The number of hydrogen-bond acceptors (Lipinski definition) is 3. The van der Waals surface area contributed by atoms with E-state index in [2.05, 4.69) is 50.1 Å². The second-order valence-electron chi connectivity index (χ2n) is 6.96. The van der Waals surface area contributed by atoms with Gasteiger partial charge in [-0.2, -0.15) is 5.10 Å². The summed E-state index contributed by atoms with van der Waals surface area (Å²) in [5.74, 6) is 2.44. The molecular weight excluding hydrogens is 302 g/mol. The van der Waals surface area contributed by atoms with Gasteiger partial charge >= 0.3 is 6.03 Å². The summed E-state index contributed by atoms with van der Waals surface area (Å²) in [4.78, 5) is 16.5. The number of nitrogens with one attached hydrogen (secondary N) is 3. The Hall–Kier alpha value is -2.37. The Morgan fingerprint density at radius 1 is 1.21 bits per heavy atom. The third kappa shape index (κ3) is 3.00. The Morgan fingerprint density at radius 3 is 2.46 bits per heavy atom. The topological polar surface area (TPSA) is 82.7 Å². The lowest BCUT2D eigenvalue weighted by Crippen LogP contribution is -2.46. The highest BCUT2D eigenvalue weighted by Gasteiger charge is 2.39. The number of benzene rings is 1. The average molecular weight is 325 g/mol. The molecule has 0 aliphatic heterocycles. The van der Waals surface area contributed by atoms with Crippen LogP contribution in [0, 0.1) is 18.8 Å². The molecule has 3 N–H and O–H groups in total. The van der Waals surface area contributed by atoms with Crippen molar-refractivity contribution in [2.75, 3.05) is 0 Å². The van der Waals surface area contributed by atoms with E-state index >= 15 is 0 Å². The number of urea groups is 1. The highest BCUT2D eigenvalue weighted by Crippen LogP contribution is 2.39. The van der Waals surface area contributed by atoms with E-state index in [1.807, 2.05) is 6.92 Å². The summed E-state index contributed by atoms with van der Waals surface area (Å²) >= 11 is 0. The molecule has 1 saturated carbocycles. The smallest absolute Gasteiger partial charge is 0.315 e. The van der Waals surface area contributed by atoms with Gasteiger partial charge in [-0.25, -0.2) is 9.78 Å². The van der Waals surface area contributed by atoms with Gasteiger partial charge in [0.25, 0.3) is 0 Å². The van der Waals surface area contributed by atoms with Gasteiger partial charge in [-0.3, -0.25) is 5.10 Å². The van der Waals surface area contributed by atoms with E-state index < -0.39 is 0 Å². The van der Waals surface area contributed by atoms with Crippen LogP contribution in [0.5, 0.6) is 0 Å². The van der Waals surface area contributed by atoms with E-state index in [0.29, 0.717) is 24.2 Å². The molecule has 2 aliphatic carbocycles. The van der Waals surface area contributed by atoms with Crippen LogP contribution in [0.15, 0.2) is 24.3 Å². The van der Waals surface area contributed by atoms with Crippen molar-refractivity contribution in [3.05, 3.63) is 47.0 Å². The van der Waals surface area contributed by atoms with Crippen LogP contribution in [0.1, 0.15) is 35.6 Å². The summed E-state index contributed by atoms with van der Waals surface area (Å²) in [6, 6.07) is 8.84. The number of rotatable bonds is 3.